The summed E-state index contributed by atoms with van der Waals surface area (Å²) in [4.78, 5) is 15.0. The van der Waals surface area contributed by atoms with E-state index in [0.29, 0.717) is 11.4 Å². The molecule has 0 radical (unpaired) electrons. The van der Waals surface area contributed by atoms with Gasteiger partial charge in [0, 0.05) is 23.2 Å². The van der Waals surface area contributed by atoms with Gasteiger partial charge in [-0.3, -0.25) is 4.98 Å². The van der Waals surface area contributed by atoms with E-state index >= 15 is 0 Å². The molecule has 5 nitrogen and oxygen atoms in total. The van der Waals surface area contributed by atoms with Crippen LogP contribution in [0.5, 0.6) is 0 Å². The van der Waals surface area contributed by atoms with Crippen LogP contribution in [0.2, 0.25) is 0 Å². The third-order valence-electron chi connectivity index (χ3n) is 5.57. The molecule has 0 fully saturated rings. The monoisotopic (exact) mass is 494 g/mol. The lowest BCUT2D eigenvalue weighted by Gasteiger charge is -2.09. The Balaban J connectivity index is 1.22. The van der Waals surface area contributed by atoms with Crippen LogP contribution in [0.1, 0.15) is 22.6 Å². The van der Waals surface area contributed by atoms with E-state index < -0.39 is 11.9 Å². The molecule has 1 N–H and O–H groups in total. The molecule has 0 spiro atoms. The van der Waals surface area contributed by atoms with Crippen LogP contribution in [0.3, 0.4) is 0 Å². The predicted octanol–water partition coefficient (Wildman–Crippen LogP) is 7.39. The predicted molar refractivity (Wildman–Crippen MR) is 131 cm³/mol. The molecule has 35 heavy (non-hydrogen) atoms. The maximum absolute atomic E-state index is 12.7. The van der Waals surface area contributed by atoms with Crippen molar-refractivity contribution in [1.29, 1.82) is 0 Å². The van der Waals surface area contributed by atoms with Gasteiger partial charge in [0.25, 0.3) is 0 Å². The zero-order valence-electron chi connectivity index (χ0n) is 18.8. The second-order valence-electron chi connectivity index (χ2n) is 8.14. The van der Waals surface area contributed by atoms with Gasteiger partial charge in [0.2, 0.25) is 0 Å². The molecule has 0 aliphatic carbocycles. The van der Waals surface area contributed by atoms with Crippen molar-refractivity contribution in [2.45, 2.75) is 25.9 Å². The smallest absolute Gasteiger partial charge is 0.433 e. The van der Waals surface area contributed by atoms with E-state index in [1.807, 2.05) is 30.3 Å². The average molecular weight is 495 g/mol. The van der Waals surface area contributed by atoms with Crippen LogP contribution in [0.15, 0.2) is 71.7 Å². The van der Waals surface area contributed by atoms with E-state index in [-0.39, 0.29) is 0 Å². The number of thiophene rings is 1. The lowest BCUT2D eigenvalue weighted by molar-refractivity contribution is -0.141. The molecule has 5 aromatic rings. The second-order valence-corrected chi connectivity index (χ2v) is 9.38. The zero-order valence-corrected chi connectivity index (χ0v) is 19.6. The molecule has 4 aromatic heterocycles. The van der Waals surface area contributed by atoms with Gasteiger partial charge in [-0.25, -0.2) is 9.97 Å². The number of halogens is 3. The number of hydrogen-bond acceptors (Lipinski definition) is 6. The van der Waals surface area contributed by atoms with Gasteiger partial charge in [0.1, 0.15) is 22.6 Å². The fraction of sp³-hybridized carbons (Fsp3) is 0.192. The molecule has 178 valence electrons. The molecule has 0 aliphatic rings. The number of pyridine rings is 1. The maximum Gasteiger partial charge on any atom is 0.433 e. The van der Waals surface area contributed by atoms with E-state index in [1.54, 1.807) is 23.9 Å². The first kappa shape index (κ1) is 23.0. The van der Waals surface area contributed by atoms with Gasteiger partial charge in [0.15, 0.2) is 5.82 Å². The topological polar surface area (TPSA) is 63.8 Å². The summed E-state index contributed by atoms with van der Waals surface area (Å²) in [6.07, 6.45) is 1.80. The van der Waals surface area contributed by atoms with Gasteiger partial charge in [-0.15, -0.1) is 11.3 Å². The zero-order chi connectivity index (χ0) is 24.4. The van der Waals surface area contributed by atoms with Crippen LogP contribution in [0, 0.1) is 6.92 Å². The Hall–Kier alpha value is -3.72. The third-order valence-corrected chi connectivity index (χ3v) is 6.52. The summed E-state index contributed by atoms with van der Waals surface area (Å²) in [6, 6.07) is 14.2. The van der Waals surface area contributed by atoms with Crippen molar-refractivity contribution >= 4 is 27.4 Å². The van der Waals surface area contributed by atoms with Crippen molar-refractivity contribution in [3.63, 3.8) is 0 Å². The van der Waals surface area contributed by atoms with E-state index in [2.05, 4.69) is 28.3 Å². The molecule has 5 rings (SSSR count). The second kappa shape index (κ2) is 9.50. The van der Waals surface area contributed by atoms with Crippen LogP contribution in [0.25, 0.3) is 32.7 Å². The Morgan fingerprint density at radius 3 is 2.46 bits per heavy atom. The summed E-state index contributed by atoms with van der Waals surface area (Å²) < 4.78 is 43.3. The van der Waals surface area contributed by atoms with Crippen LogP contribution in [0.4, 0.5) is 19.0 Å². The molecule has 0 bridgehead atoms. The first-order valence-corrected chi connectivity index (χ1v) is 11.9. The van der Waals surface area contributed by atoms with Crippen LogP contribution < -0.4 is 5.32 Å². The molecule has 1 aromatic carbocycles. The van der Waals surface area contributed by atoms with Crippen molar-refractivity contribution < 1.29 is 17.6 Å². The van der Waals surface area contributed by atoms with Crippen LogP contribution in [-0.2, 0) is 12.6 Å². The van der Waals surface area contributed by atoms with Gasteiger partial charge >= 0.3 is 6.18 Å². The highest BCUT2D eigenvalue weighted by molar-refractivity contribution is 7.18. The number of benzene rings is 1. The van der Waals surface area contributed by atoms with Crippen molar-refractivity contribution in [3.05, 3.63) is 83.4 Å². The highest BCUT2D eigenvalue weighted by atomic mass is 32.1. The number of nitrogens with zero attached hydrogens (tertiary/aromatic N) is 3. The summed E-state index contributed by atoms with van der Waals surface area (Å²) in [6.45, 7) is 2.79. The van der Waals surface area contributed by atoms with E-state index in [0.717, 1.165) is 58.2 Å². The van der Waals surface area contributed by atoms with E-state index in [9.17, 15) is 13.2 Å². The first-order valence-electron chi connectivity index (χ1n) is 11.0. The molecular weight excluding hydrogens is 473 g/mol. The summed E-state index contributed by atoms with van der Waals surface area (Å²) in [7, 11) is 0. The minimum Gasteiger partial charge on any atom is -0.472 e. The minimum atomic E-state index is -4.43. The fourth-order valence-electron chi connectivity index (χ4n) is 3.79. The van der Waals surface area contributed by atoms with Crippen LogP contribution >= 0.6 is 11.3 Å². The summed E-state index contributed by atoms with van der Waals surface area (Å²) in [5.41, 5.74) is 2.58. The molecule has 4 heterocycles. The maximum atomic E-state index is 12.7. The number of fused-ring (bicyclic) bond motifs is 1. The number of alkyl halides is 3. The number of furan rings is 1. The number of aromatic nitrogens is 3. The Labute approximate surface area is 203 Å². The quantitative estimate of drug-likeness (QED) is 0.239. The first-order chi connectivity index (χ1) is 16.9. The lowest BCUT2D eigenvalue weighted by Crippen LogP contribution is -2.07. The molecule has 0 aliphatic heterocycles. The largest absolute Gasteiger partial charge is 0.472 e. The highest BCUT2D eigenvalue weighted by Gasteiger charge is 2.32. The fourth-order valence-corrected chi connectivity index (χ4v) is 4.67. The third kappa shape index (κ3) is 5.19. The molecule has 0 amide bonds. The Bertz CT molecular complexity index is 1430. The number of aryl methyl sites for hydroxylation is 2. The number of nitrogens with one attached hydrogen (secondary N) is 1. The number of rotatable bonds is 7. The average Bonchev–Trinajstić information content (AvgIpc) is 3.51. The van der Waals surface area contributed by atoms with Crippen molar-refractivity contribution in [1.82, 2.24) is 15.0 Å². The molecule has 0 atom stereocenters. The van der Waals surface area contributed by atoms with Crippen molar-refractivity contribution in [2.75, 3.05) is 11.9 Å². The summed E-state index contributed by atoms with van der Waals surface area (Å²) in [5, 5.41) is 4.46. The highest BCUT2D eigenvalue weighted by Crippen LogP contribution is 2.31. The molecule has 0 unspecified atom stereocenters. The van der Waals surface area contributed by atoms with Crippen molar-refractivity contribution in [3.8, 4) is 22.5 Å². The standard InChI is InChI=1S/C26H21F3N4OS/c1-16-13-21-24(32-23(33-25(21)35-16)20-10-12-34-15-20)30-11-2-3-17-4-6-18(7-5-17)19-8-9-22(31-14-19)26(27,28)29/h4-10,12-15H,2-3,11H2,1H3,(H,30,32,33). The van der Waals surface area contributed by atoms with Gasteiger partial charge in [-0.2, -0.15) is 13.2 Å². The molecule has 0 saturated heterocycles. The van der Waals surface area contributed by atoms with E-state index in [4.69, 9.17) is 9.40 Å². The molecular formula is C26H21F3N4OS. The SMILES string of the molecule is Cc1cc2c(NCCCc3ccc(-c4ccc(C(F)(F)F)nc4)cc3)nc(-c3ccoc3)nc2s1. The summed E-state index contributed by atoms with van der Waals surface area (Å²) in [5.74, 6) is 1.43. The number of hydrogen-bond donors (Lipinski definition) is 1. The van der Waals surface area contributed by atoms with Gasteiger partial charge in [0.05, 0.1) is 17.2 Å². The normalized spacial score (nSPS) is 11.8. The van der Waals surface area contributed by atoms with Gasteiger partial charge in [-0.05, 0) is 49.1 Å². The van der Waals surface area contributed by atoms with Crippen LogP contribution in [-0.4, -0.2) is 21.5 Å². The Morgan fingerprint density at radius 1 is 0.971 bits per heavy atom. The van der Waals surface area contributed by atoms with Gasteiger partial charge < -0.3 is 9.73 Å². The molecule has 9 heteroatoms. The van der Waals surface area contributed by atoms with Crippen molar-refractivity contribution in [2.24, 2.45) is 0 Å². The lowest BCUT2D eigenvalue weighted by atomic mass is 10.0. The van der Waals surface area contributed by atoms with E-state index in [1.165, 1.54) is 17.1 Å². The molecule has 0 saturated carbocycles. The Morgan fingerprint density at radius 2 is 1.77 bits per heavy atom. The number of anilines is 1. The Kier molecular flexibility index (Phi) is 6.25. The summed E-state index contributed by atoms with van der Waals surface area (Å²) >= 11 is 1.63. The minimum absolute atomic E-state index is 0.629. The van der Waals surface area contributed by atoms with Gasteiger partial charge in [-0.1, -0.05) is 30.3 Å².